The van der Waals surface area contributed by atoms with Crippen LogP contribution in [0.1, 0.15) is 44.7 Å². The van der Waals surface area contributed by atoms with Crippen LogP contribution in [0.3, 0.4) is 0 Å². The van der Waals surface area contributed by atoms with Gasteiger partial charge in [0.2, 0.25) is 5.91 Å². The van der Waals surface area contributed by atoms with Crippen molar-refractivity contribution in [2.24, 2.45) is 5.92 Å². The van der Waals surface area contributed by atoms with E-state index in [4.69, 9.17) is 0 Å². The fourth-order valence-electron chi connectivity index (χ4n) is 4.28. The summed E-state index contributed by atoms with van der Waals surface area (Å²) in [5.74, 6) is -0.634. The Morgan fingerprint density at radius 3 is 2.64 bits per heavy atom. The average Bonchev–Trinajstić information content (AvgIpc) is 3.51. The number of H-pyrrole nitrogens is 1. The van der Waals surface area contributed by atoms with Crippen molar-refractivity contribution >= 4 is 17.8 Å². The Morgan fingerprint density at radius 1 is 1.21 bits per heavy atom. The first kappa shape index (κ1) is 22.9. The molecule has 1 aromatic carbocycles. The molecular formula is C24H30FN5O3. The van der Waals surface area contributed by atoms with Crippen molar-refractivity contribution in [2.45, 2.75) is 51.0 Å². The minimum absolute atomic E-state index is 0.174. The third kappa shape index (κ3) is 5.07. The Balaban J connectivity index is 1.17. The number of likely N-dealkylation sites (N-methyl/N-ethyl adjacent to an activating group) is 1. The highest BCUT2D eigenvalue weighted by Gasteiger charge is 2.56. The van der Waals surface area contributed by atoms with Crippen LogP contribution in [-0.4, -0.2) is 63.5 Å². The van der Waals surface area contributed by atoms with Gasteiger partial charge in [0, 0.05) is 24.8 Å². The van der Waals surface area contributed by atoms with Crippen LogP contribution in [0.2, 0.25) is 0 Å². The molecule has 0 spiro atoms. The van der Waals surface area contributed by atoms with E-state index in [-0.39, 0.29) is 30.1 Å². The molecule has 9 heteroatoms. The molecule has 1 saturated carbocycles. The molecule has 1 unspecified atom stereocenters. The van der Waals surface area contributed by atoms with Crippen LogP contribution in [0.4, 0.5) is 9.18 Å². The van der Waals surface area contributed by atoms with Gasteiger partial charge in [-0.1, -0.05) is 6.42 Å². The van der Waals surface area contributed by atoms with E-state index >= 15 is 0 Å². The summed E-state index contributed by atoms with van der Waals surface area (Å²) < 4.78 is 13.1. The third-order valence-electron chi connectivity index (χ3n) is 6.62. The molecule has 8 nitrogen and oxygen atoms in total. The molecule has 2 aromatic rings. The fourth-order valence-corrected chi connectivity index (χ4v) is 4.28. The molecule has 176 valence electrons. The van der Waals surface area contributed by atoms with Crippen molar-refractivity contribution in [1.29, 1.82) is 0 Å². The van der Waals surface area contributed by atoms with E-state index in [0.29, 0.717) is 6.54 Å². The number of nitrogens with zero attached hydrogens (tertiary/aromatic N) is 3. The molecule has 4 amide bonds. The largest absolute Gasteiger partial charge is 0.344 e. The van der Waals surface area contributed by atoms with Gasteiger partial charge in [-0.15, -0.1) is 0 Å². The zero-order chi connectivity index (χ0) is 23.6. The van der Waals surface area contributed by atoms with Gasteiger partial charge in [-0.25, -0.2) is 9.18 Å². The summed E-state index contributed by atoms with van der Waals surface area (Å²) in [6.07, 6.45) is 5.35. The van der Waals surface area contributed by atoms with E-state index in [9.17, 15) is 18.8 Å². The maximum Gasteiger partial charge on any atom is 0.325 e. The summed E-state index contributed by atoms with van der Waals surface area (Å²) in [4.78, 5) is 40.1. The zero-order valence-corrected chi connectivity index (χ0v) is 19.1. The Kier molecular flexibility index (Phi) is 6.49. The number of hydrogen-bond acceptors (Lipinski definition) is 4. The first-order valence-electron chi connectivity index (χ1n) is 11.5. The molecule has 1 saturated heterocycles. The van der Waals surface area contributed by atoms with Crippen LogP contribution in [0, 0.1) is 11.7 Å². The number of hydrogen-bond donors (Lipinski definition) is 2. The van der Waals surface area contributed by atoms with E-state index in [0.717, 1.165) is 60.4 Å². The van der Waals surface area contributed by atoms with Crippen LogP contribution in [-0.2, 0) is 16.0 Å². The lowest BCUT2D eigenvalue weighted by Gasteiger charge is -2.22. The van der Waals surface area contributed by atoms with Crippen molar-refractivity contribution < 1.29 is 18.8 Å². The van der Waals surface area contributed by atoms with E-state index in [1.165, 1.54) is 12.1 Å². The lowest BCUT2D eigenvalue weighted by molar-refractivity contribution is -0.138. The van der Waals surface area contributed by atoms with Crippen molar-refractivity contribution in [3.8, 4) is 11.3 Å². The second-order valence-electron chi connectivity index (χ2n) is 9.21. The van der Waals surface area contributed by atoms with Gasteiger partial charge in [-0.3, -0.25) is 19.6 Å². The van der Waals surface area contributed by atoms with Crippen LogP contribution in [0.15, 0.2) is 30.3 Å². The summed E-state index contributed by atoms with van der Waals surface area (Å²) >= 11 is 0. The molecule has 0 bridgehead atoms. The normalized spacial score (nSPS) is 20.3. The van der Waals surface area contributed by atoms with Crippen molar-refractivity contribution in [3.63, 3.8) is 0 Å². The second-order valence-corrected chi connectivity index (χ2v) is 9.21. The number of aryl methyl sites for hydroxylation is 1. The van der Waals surface area contributed by atoms with Crippen LogP contribution in [0.25, 0.3) is 11.3 Å². The first-order valence-corrected chi connectivity index (χ1v) is 11.5. The quantitative estimate of drug-likeness (QED) is 0.425. The molecule has 0 radical (unpaired) electrons. The highest BCUT2D eigenvalue weighted by Crippen LogP contribution is 2.42. The first-order chi connectivity index (χ1) is 15.8. The number of amides is 4. The second kappa shape index (κ2) is 9.33. The van der Waals surface area contributed by atoms with Crippen molar-refractivity contribution in [1.82, 2.24) is 25.3 Å². The van der Waals surface area contributed by atoms with Gasteiger partial charge in [0.1, 0.15) is 17.9 Å². The maximum absolute atomic E-state index is 13.1. The Morgan fingerprint density at radius 2 is 1.94 bits per heavy atom. The predicted octanol–water partition coefficient (Wildman–Crippen LogP) is 3.11. The van der Waals surface area contributed by atoms with Gasteiger partial charge in [-0.2, -0.15) is 5.10 Å². The number of rotatable bonds is 10. The lowest BCUT2D eigenvalue weighted by atomic mass is 9.96. The Bertz CT molecular complexity index is 1030. The van der Waals surface area contributed by atoms with Gasteiger partial charge in [0.25, 0.3) is 5.91 Å². The average molecular weight is 456 g/mol. The van der Waals surface area contributed by atoms with Gasteiger partial charge in [0.15, 0.2) is 0 Å². The van der Waals surface area contributed by atoms with Gasteiger partial charge in [-0.05, 0) is 75.3 Å². The predicted molar refractivity (Wildman–Crippen MR) is 121 cm³/mol. The summed E-state index contributed by atoms with van der Waals surface area (Å²) in [5.41, 5.74) is 1.80. The molecule has 4 rings (SSSR count). The minimum atomic E-state index is -0.862. The van der Waals surface area contributed by atoms with Crippen LogP contribution >= 0.6 is 0 Å². The number of aromatic nitrogens is 2. The maximum atomic E-state index is 13.1. The molecule has 2 heterocycles. The number of imide groups is 1. The van der Waals surface area contributed by atoms with Crippen molar-refractivity contribution in [3.05, 3.63) is 41.8 Å². The standard InChI is InChI=1S/C24H30FN5O3/c1-24(17-9-10-17)22(32)30(23(33)26-24)15-21(31)29(2)13-5-3-4-6-19-14-20(28-27-19)16-7-11-18(25)12-8-16/h7-8,11-12,14,17H,3-6,9-10,13,15H2,1-2H3,(H,26,33)(H,27,28). The number of nitrogens with one attached hydrogen (secondary N) is 2. The summed E-state index contributed by atoms with van der Waals surface area (Å²) in [5, 5.41) is 10.1. The number of carbonyl (C=O) groups is 3. The number of benzene rings is 1. The van der Waals surface area contributed by atoms with Gasteiger partial charge >= 0.3 is 6.03 Å². The number of halogens is 1. The van der Waals surface area contributed by atoms with Gasteiger partial charge in [0.05, 0.1) is 5.69 Å². The number of urea groups is 1. The van der Waals surface area contributed by atoms with E-state index in [2.05, 4.69) is 15.5 Å². The number of carbonyl (C=O) groups excluding carboxylic acids is 3. The monoisotopic (exact) mass is 455 g/mol. The molecule has 1 atom stereocenters. The molecule has 1 aliphatic heterocycles. The molecule has 33 heavy (non-hydrogen) atoms. The van der Waals surface area contributed by atoms with Crippen molar-refractivity contribution in [2.75, 3.05) is 20.1 Å². The van der Waals surface area contributed by atoms with Crippen LogP contribution in [0.5, 0.6) is 0 Å². The Labute approximate surface area is 192 Å². The molecule has 2 fully saturated rings. The SMILES string of the molecule is CN(CCCCCc1cc(-c2ccc(F)cc2)n[nH]1)C(=O)CN1C(=O)NC(C)(C2CC2)C1=O. The zero-order valence-electron chi connectivity index (χ0n) is 19.1. The molecule has 2 aliphatic rings. The summed E-state index contributed by atoms with van der Waals surface area (Å²) in [6, 6.07) is 7.73. The third-order valence-corrected chi connectivity index (χ3v) is 6.62. The highest BCUT2D eigenvalue weighted by atomic mass is 19.1. The smallest absolute Gasteiger partial charge is 0.325 e. The fraction of sp³-hybridized carbons (Fsp3) is 0.500. The topological polar surface area (TPSA) is 98.4 Å². The van der Waals surface area contributed by atoms with Gasteiger partial charge < -0.3 is 10.2 Å². The Hall–Kier alpha value is -3.23. The molecular weight excluding hydrogens is 425 g/mol. The molecule has 1 aliphatic carbocycles. The van der Waals surface area contributed by atoms with E-state index < -0.39 is 11.6 Å². The van der Waals surface area contributed by atoms with E-state index in [1.54, 1.807) is 31.0 Å². The molecule has 1 aromatic heterocycles. The lowest BCUT2D eigenvalue weighted by Crippen LogP contribution is -2.47. The molecule has 2 N–H and O–H groups in total. The summed E-state index contributed by atoms with van der Waals surface area (Å²) in [6.45, 7) is 2.09. The van der Waals surface area contributed by atoms with E-state index in [1.807, 2.05) is 6.07 Å². The number of unbranched alkanes of at least 4 members (excludes halogenated alkanes) is 2. The van der Waals surface area contributed by atoms with Crippen LogP contribution < -0.4 is 5.32 Å². The number of aromatic amines is 1. The summed E-state index contributed by atoms with van der Waals surface area (Å²) in [7, 11) is 1.70. The highest BCUT2D eigenvalue weighted by molar-refractivity contribution is 6.09. The minimum Gasteiger partial charge on any atom is -0.344 e.